The van der Waals surface area contributed by atoms with Crippen LogP contribution in [-0.2, 0) is 6.61 Å². The number of ether oxygens (including phenoxy) is 1. The summed E-state index contributed by atoms with van der Waals surface area (Å²) in [6, 6.07) is 24.6. The highest BCUT2D eigenvalue weighted by Gasteiger charge is 2.08. The van der Waals surface area contributed by atoms with Gasteiger partial charge >= 0.3 is 6.01 Å². The Morgan fingerprint density at radius 1 is 0.821 bits per heavy atom. The summed E-state index contributed by atoms with van der Waals surface area (Å²) >= 11 is 0. The lowest BCUT2D eigenvalue weighted by molar-refractivity contribution is 0.265. The van der Waals surface area contributed by atoms with E-state index in [1.165, 1.54) is 16.7 Å². The van der Waals surface area contributed by atoms with Crippen molar-refractivity contribution in [2.24, 2.45) is 0 Å². The van der Waals surface area contributed by atoms with Crippen LogP contribution in [0.4, 0.5) is 11.7 Å². The fraction of sp³-hybridized carbons (Fsp3) is 0.130. The highest BCUT2D eigenvalue weighted by molar-refractivity contribution is 5.63. The first-order valence-corrected chi connectivity index (χ1v) is 9.12. The van der Waals surface area contributed by atoms with Crippen molar-refractivity contribution >= 4 is 11.7 Å². The molecule has 0 aliphatic carbocycles. The SMILES string of the molecule is Cc1ccc(Nc2nnc(COc3ccc(-c4ccccc4)cc3)o2)cc1C. The van der Waals surface area contributed by atoms with Crippen LogP contribution >= 0.6 is 0 Å². The molecule has 4 aromatic rings. The Kier molecular flexibility index (Phi) is 5.06. The van der Waals surface area contributed by atoms with Gasteiger partial charge in [-0.3, -0.25) is 0 Å². The third kappa shape index (κ3) is 4.20. The summed E-state index contributed by atoms with van der Waals surface area (Å²) in [4.78, 5) is 0. The molecule has 0 saturated carbocycles. The van der Waals surface area contributed by atoms with Gasteiger partial charge in [0.25, 0.3) is 5.89 Å². The first-order chi connectivity index (χ1) is 13.7. The summed E-state index contributed by atoms with van der Waals surface area (Å²) in [7, 11) is 0. The molecule has 28 heavy (non-hydrogen) atoms. The number of benzene rings is 3. The lowest BCUT2D eigenvalue weighted by Gasteiger charge is -2.06. The van der Waals surface area contributed by atoms with E-state index in [9.17, 15) is 0 Å². The first kappa shape index (κ1) is 17.8. The fourth-order valence-corrected chi connectivity index (χ4v) is 2.82. The molecule has 0 saturated heterocycles. The van der Waals surface area contributed by atoms with Crippen molar-refractivity contribution in [2.45, 2.75) is 20.5 Å². The molecule has 0 bridgehead atoms. The second kappa shape index (κ2) is 7.96. The molecule has 140 valence electrons. The number of nitrogens with one attached hydrogen (secondary N) is 1. The summed E-state index contributed by atoms with van der Waals surface area (Å²) in [5.74, 6) is 1.17. The van der Waals surface area contributed by atoms with Gasteiger partial charge in [-0.05, 0) is 60.4 Å². The molecular formula is C23H21N3O2. The largest absolute Gasteiger partial charge is 0.484 e. The Morgan fingerprint density at radius 2 is 1.57 bits per heavy atom. The molecule has 1 heterocycles. The molecule has 0 amide bonds. The zero-order chi connectivity index (χ0) is 19.3. The van der Waals surface area contributed by atoms with Crippen LogP contribution in [0.5, 0.6) is 5.75 Å². The molecule has 5 nitrogen and oxygen atoms in total. The van der Waals surface area contributed by atoms with Crippen LogP contribution in [0.1, 0.15) is 17.0 Å². The second-order valence-electron chi connectivity index (χ2n) is 6.60. The highest BCUT2D eigenvalue weighted by Crippen LogP contribution is 2.23. The van der Waals surface area contributed by atoms with Gasteiger partial charge < -0.3 is 14.5 Å². The summed E-state index contributed by atoms with van der Waals surface area (Å²) < 4.78 is 11.4. The molecule has 0 aliphatic heterocycles. The summed E-state index contributed by atoms with van der Waals surface area (Å²) in [5.41, 5.74) is 5.67. The Balaban J connectivity index is 1.36. The van der Waals surface area contributed by atoms with Crippen LogP contribution in [0.3, 0.4) is 0 Å². The molecule has 0 unspecified atom stereocenters. The van der Waals surface area contributed by atoms with Crippen molar-refractivity contribution in [1.29, 1.82) is 0 Å². The average Bonchev–Trinajstić information content (AvgIpc) is 3.18. The molecule has 0 atom stereocenters. The maximum Gasteiger partial charge on any atom is 0.320 e. The topological polar surface area (TPSA) is 60.2 Å². The smallest absolute Gasteiger partial charge is 0.320 e. The Bertz CT molecular complexity index is 1060. The molecule has 0 fully saturated rings. The zero-order valence-corrected chi connectivity index (χ0v) is 15.8. The van der Waals surface area contributed by atoms with Crippen LogP contribution in [-0.4, -0.2) is 10.2 Å². The van der Waals surface area contributed by atoms with E-state index in [0.29, 0.717) is 11.9 Å². The minimum atomic E-state index is 0.215. The van der Waals surface area contributed by atoms with Crippen molar-refractivity contribution in [3.05, 3.63) is 89.8 Å². The van der Waals surface area contributed by atoms with E-state index in [4.69, 9.17) is 9.15 Å². The number of aromatic nitrogens is 2. The molecule has 1 aromatic heterocycles. The molecule has 4 rings (SSSR count). The van der Waals surface area contributed by atoms with Crippen molar-refractivity contribution < 1.29 is 9.15 Å². The average molecular weight is 371 g/mol. The van der Waals surface area contributed by atoms with E-state index in [1.807, 2.05) is 54.6 Å². The predicted octanol–water partition coefficient (Wildman–Crippen LogP) is 5.68. The van der Waals surface area contributed by atoms with Crippen LogP contribution in [0.2, 0.25) is 0 Å². The molecule has 0 spiro atoms. The van der Waals surface area contributed by atoms with Gasteiger partial charge in [0.15, 0.2) is 6.61 Å². The lowest BCUT2D eigenvalue weighted by atomic mass is 10.1. The van der Waals surface area contributed by atoms with Gasteiger partial charge in [0.2, 0.25) is 0 Å². The first-order valence-electron chi connectivity index (χ1n) is 9.12. The zero-order valence-electron chi connectivity index (χ0n) is 15.8. The Hall–Kier alpha value is -3.60. The van der Waals surface area contributed by atoms with Crippen molar-refractivity contribution in [3.63, 3.8) is 0 Å². The summed E-state index contributed by atoms with van der Waals surface area (Å²) in [6.07, 6.45) is 0. The van der Waals surface area contributed by atoms with E-state index in [-0.39, 0.29) is 6.61 Å². The predicted molar refractivity (Wildman–Crippen MR) is 110 cm³/mol. The summed E-state index contributed by atoms with van der Waals surface area (Å²) in [6.45, 7) is 4.36. The number of nitrogens with zero attached hydrogens (tertiary/aromatic N) is 2. The van der Waals surface area contributed by atoms with Gasteiger partial charge in [-0.25, -0.2) is 0 Å². The highest BCUT2D eigenvalue weighted by atomic mass is 16.5. The number of hydrogen-bond acceptors (Lipinski definition) is 5. The van der Waals surface area contributed by atoms with Gasteiger partial charge in [-0.15, -0.1) is 5.10 Å². The number of rotatable bonds is 6. The van der Waals surface area contributed by atoms with Crippen molar-refractivity contribution in [2.75, 3.05) is 5.32 Å². The number of aryl methyl sites for hydroxylation is 2. The monoisotopic (exact) mass is 371 g/mol. The lowest BCUT2D eigenvalue weighted by Crippen LogP contribution is -1.95. The minimum absolute atomic E-state index is 0.215. The molecule has 0 aliphatic rings. The molecule has 0 radical (unpaired) electrons. The van der Waals surface area contributed by atoms with Gasteiger partial charge in [0.1, 0.15) is 5.75 Å². The van der Waals surface area contributed by atoms with Crippen molar-refractivity contribution in [1.82, 2.24) is 10.2 Å². The second-order valence-corrected chi connectivity index (χ2v) is 6.60. The van der Waals surface area contributed by atoms with E-state index < -0.39 is 0 Å². The van der Waals surface area contributed by atoms with Gasteiger partial charge in [0, 0.05) is 5.69 Å². The molecule has 3 aromatic carbocycles. The van der Waals surface area contributed by atoms with Gasteiger partial charge in [0.05, 0.1) is 0 Å². The minimum Gasteiger partial charge on any atom is -0.484 e. The van der Waals surface area contributed by atoms with E-state index in [0.717, 1.165) is 17.0 Å². The number of hydrogen-bond donors (Lipinski definition) is 1. The van der Waals surface area contributed by atoms with E-state index in [2.05, 4.69) is 47.6 Å². The van der Waals surface area contributed by atoms with Gasteiger partial charge in [-0.1, -0.05) is 53.6 Å². The third-order valence-corrected chi connectivity index (χ3v) is 4.55. The Labute approximate surface area is 164 Å². The van der Waals surface area contributed by atoms with Gasteiger partial charge in [-0.2, -0.15) is 0 Å². The standard InChI is InChI=1S/C23H21N3O2/c1-16-8-11-20(14-17(16)2)24-23-26-25-22(28-23)15-27-21-12-9-19(10-13-21)18-6-4-3-5-7-18/h3-14H,15H2,1-2H3,(H,24,26). The maximum atomic E-state index is 5.76. The Morgan fingerprint density at radius 3 is 2.32 bits per heavy atom. The summed E-state index contributed by atoms with van der Waals surface area (Å²) in [5, 5.41) is 11.2. The van der Waals surface area contributed by atoms with Crippen LogP contribution in [0.15, 0.2) is 77.2 Å². The van der Waals surface area contributed by atoms with E-state index >= 15 is 0 Å². The molecule has 1 N–H and O–H groups in total. The fourth-order valence-electron chi connectivity index (χ4n) is 2.82. The van der Waals surface area contributed by atoms with E-state index in [1.54, 1.807) is 0 Å². The quantitative estimate of drug-likeness (QED) is 0.473. The van der Waals surface area contributed by atoms with Crippen LogP contribution < -0.4 is 10.1 Å². The maximum absolute atomic E-state index is 5.76. The third-order valence-electron chi connectivity index (χ3n) is 4.55. The van der Waals surface area contributed by atoms with Crippen molar-refractivity contribution in [3.8, 4) is 16.9 Å². The molecule has 5 heteroatoms. The number of anilines is 2. The van der Waals surface area contributed by atoms with Crippen LogP contribution in [0, 0.1) is 13.8 Å². The molecular weight excluding hydrogens is 350 g/mol. The van der Waals surface area contributed by atoms with Crippen LogP contribution in [0.25, 0.3) is 11.1 Å². The normalized spacial score (nSPS) is 10.6.